The second kappa shape index (κ2) is 8.87. The number of rotatable bonds is 6. The second-order valence-corrected chi connectivity index (χ2v) is 8.43. The average Bonchev–Trinajstić information content (AvgIpc) is 3.14. The molecule has 3 aromatic rings. The number of nitrogens with zero attached hydrogens (tertiary/aromatic N) is 1. The maximum Gasteiger partial charge on any atom is 0.418 e. The molecule has 7 nitrogen and oxygen atoms in total. The van der Waals surface area contributed by atoms with E-state index in [9.17, 15) is 26.4 Å². The van der Waals surface area contributed by atoms with Gasteiger partial charge in [0.25, 0.3) is 15.9 Å². The molecule has 11 heteroatoms. The summed E-state index contributed by atoms with van der Waals surface area (Å²) in [6, 6.07) is 9.62. The molecule has 2 N–H and O–H groups in total. The van der Waals surface area contributed by atoms with E-state index in [1.807, 2.05) is 11.6 Å². The number of anilines is 2. The lowest BCUT2D eigenvalue weighted by Crippen LogP contribution is -2.17. The fourth-order valence-electron chi connectivity index (χ4n) is 2.69. The number of aromatic nitrogens is 1. The molecule has 0 bridgehead atoms. The topological polar surface area (TPSA) is 101 Å². The Kier molecular flexibility index (Phi) is 6.40. The molecule has 0 aliphatic carbocycles. The first-order valence-corrected chi connectivity index (χ1v) is 10.7. The summed E-state index contributed by atoms with van der Waals surface area (Å²) in [5, 5.41) is 6.53. The first kappa shape index (κ1) is 23.1. The summed E-state index contributed by atoms with van der Waals surface area (Å²) in [6.07, 6.45) is -2.48. The van der Waals surface area contributed by atoms with Crippen molar-refractivity contribution in [3.8, 4) is 0 Å². The van der Waals surface area contributed by atoms with Crippen LogP contribution in [0.2, 0.25) is 0 Å². The lowest BCUT2D eigenvalue weighted by Gasteiger charge is -2.15. The smallest absolute Gasteiger partial charge is 0.361 e. The molecule has 0 radical (unpaired) electrons. The number of carbonyl (C=O) groups excluding carboxylic acids is 1. The SMILES string of the molecule is Cc1ccc(/C=C/S(=O)(=O)Nc2ccc(NC(=O)c3cnoc3C)cc2C(F)(F)F)cc1. The molecule has 0 unspecified atom stereocenters. The predicted octanol–water partition coefficient (Wildman–Crippen LogP) is 4.98. The number of benzene rings is 2. The minimum absolute atomic E-state index is 0.0598. The van der Waals surface area contributed by atoms with Crippen LogP contribution in [0.5, 0.6) is 0 Å². The number of aryl methyl sites for hydroxylation is 2. The molecule has 0 spiro atoms. The summed E-state index contributed by atoms with van der Waals surface area (Å²) in [6.45, 7) is 3.34. The van der Waals surface area contributed by atoms with Crippen molar-refractivity contribution in [1.29, 1.82) is 0 Å². The van der Waals surface area contributed by atoms with E-state index >= 15 is 0 Å². The summed E-state index contributed by atoms with van der Waals surface area (Å²) in [7, 11) is -4.24. The number of sulfonamides is 1. The first-order valence-electron chi connectivity index (χ1n) is 9.16. The molecule has 0 aliphatic heterocycles. The van der Waals surface area contributed by atoms with Crippen molar-refractivity contribution in [3.05, 3.63) is 82.1 Å². The molecular formula is C21H18F3N3O4S. The largest absolute Gasteiger partial charge is 0.418 e. The number of hydrogen-bond donors (Lipinski definition) is 2. The van der Waals surface area contributed by atoms with E-state index in [1.54, 1.807) is 24.3 Å². The highest BCUT2D eigenvalue weighted by Gasteiger charge is 2.35. The van der Waals surface area contributed by atoms with Crippen LogP contribution in [0.4, 0.5) is 24.5 Å². The lowest BCUT2D eigenvalue weighted by molar-refractivity contribution is -0.136. The fourth-order valence-corrected chi connectivity index (χ4v) is 3.58. The molecule has 3 rings (SSSR count). The van der Waals surface area contributed by atoms with Crippen molar-refractivity contribution in [2.45, 2.75) is 20.0 Å². The van der Waals surface area contributed by atoms with Crippen molar-refractivity contribution < 1.29 is 30.9 Å². The highest BCUT2D eigenvalue weighted by Crippen LogP contribution is 2.37. The molecule has 0 aliphatic rings. The fraction of sp³-hybridized carbons (Fsp3) is 0.143. The third-order valence-corrected chi connectivity index (χ3v) is 5.35. The zero-order valence-electron chi connectivity index (χ0n) is 16.9. The van der Waals surface area contributed by atoms with E-state index in [0.29, 0.717) is 11.6 Å². The van der Waals surface area contributed by atoms with Crippen LogP contribution in [-0.4, -0.2) is 19.5 Å². The predicted molar refractivity (Wildman–Crippen MR) is 113 cm³/mol. The van der Waals surface area contributed by atoms with Crippen LogP contribution >= 0.6 is 0 Å². The Bertz CT molecular complexity index is 1260. The van der Waals surface area contributed by atoms with Gasteiger partial charge in [0.1, 0.15) is 11.3 Å². The summed E-state index contributed by atoms with van der Waals surface area (Å²) >= 11 is 0. The van der Waals surface area contributed by atoms with Crippen molar-refractivity contribution in [1.82, 2.24) is 5.16 Å². The molecule has 32 heavy (non-hydrogen) atoms. The zero-order valence-corrected chi connectivity index (χ0v) is 17.7. The minimum Gasteiger partial charge on any atom is -0.361 e. The van der Waals surface area contributed by atoms with Gasteiger partial charge in [0.15, 0.2) is 0 Å². The van der Waals surface area contributed by atoms with Crippen LogP contribution in [-0.2, 0) is 16.2 Å². The lowest BCUT2D eigenvalue weighted by atomic mass is 10.1. The first-order chi connectivity index (χ1) is 14.9. The highest BCUT2D eigenvalue weighted by molar-refractivity contribution is 7.95. The van der Waals surface area contributed by atoms with Gasteiger partial charge in [0.2, 0.25) is 0 Å². The number of alkyl halides is 3. The Morgan fingerprint density at radius 1 is 1.09 bits per heavy atom. The van der Waals surface area contributed by atoms with Gasteiger partial charge in [0, 0.05) is 5.69 Å². The van der Waals surface area contributed by atoms with Gasteiger partial charge in [-0.2, -0.15) is 13.2 Å². The Morgan fingerprint density at radius 3 is 2.38 bits per heavy atom. The molecule has 1 heterocycles. The molecule has 0 saturated heterocycles. The van der Waals surface area contributed by atoms with Crippen LogP contribution in [0.15, 0.2) is 58.6 Å². The van der Waals surface area contributed by atoms with Crippen molar-refractivity contribution in [2.24, 2.45) is 0 Å². The van der Waals surface area contributed by atoms with Gasteiger partial charge in [-0.1, -0.05) is 35.0 Å². The molecule has 1 aromatic heterocycles. The second-order valence-electron chi connectivity index (χ2n) is 6.87. The molecule has 2 aromatic carbocycles. The normalized spacial score (nSPS) is 12.2. The van der Waals surface area contributed by atoms with Gasteiger partial charge in [0.05, 0.1) is 22.9 Å². The maximum atomic E-state index is 13.6. The summed E-state index contributed by atoms with van der Waals surface area (Å²) in [4.78, 5) is 12.2. The zero-order chi connectivity index (χ0) is 23.5. The molecule has 0 saturated carbocycles. The number of nitrogens with one attached hydrogen (secondary N) is 2. The monoisotopic (exact) mass is 465 g/mol. The van der Waals surface area contributed by atoms with Gasteiger partial charge >= 0.3 is 6.18 Å². The van der Waals surface area contributed by atoms with Gasteiger partial charge in [-0.25, -0.2) is 8.42 Å². The van der Waals surface area contributed by atoms with E-state index in [1.165, 1.54) is 13.0 Å². The Labute approximate surface area is 182 Å². The molecule has 0 atom stereocenters. The standard InChI is InChI=1S/C21H18F3N3O4S/c1-13-3-5-15(6-4-13)9-10-32(29,30)27-19-8-7-16(11-18(19)21(22,23)24)26-20(28)17-12-25-31-14(17)2/h3-12,27H,1-2H3,(H,26,28)/b10-9+. The van der Waals surface area contributed by atoms with Crippen LogP contribution < -0.4 is 10.0 Å². The van der Waals surface area contributed by atoms with E-state index in [2.05, 4.69) is 10.5 Å². The number of hydrogen-bond acceptors (Lipinski definition) is 5. The maximum absolute atomic E-state index is 13.6. The van der Waals surface area contributed by atoms with Gasteiger partial charge in [-0.3, -0.25) is 9.52 Å². The Hall–Kier alpha value is -3.60. The quantitative estimate of drug-likeness (QED) is 0.535. The van der Waals surface area contributed by atoms with Gasteiger partial charge in [-0.05, 0) is 43.7 Å². The van der Waals surface area contributed by atoms with Crippen molar-refractivity contribution in [3.63, 3.8) is 0 Å². The van der Waals surface area contributed by atoms with Crippen molar-refractivity contribution >= 4 is 33.4 Å². The summed E-state index contributed by atoms with van der Waals surface area (Å²) in [5.41, 5.74) is -0.510. The van der Waals surface area contributed by atoms with E-state index in [0.717, 1.165) is 29.3 Å². The van der Waals surface area contributed by atoms with E-state index < -0.39 is 33.4 Å². The number of amides is 1. The number of halogens is 3. The molecule has 168 valence electrons. The third-order valence-electron chi connectivity index (χ3n) is 4.35. The Balaban J connectivity index is 1.85. The summed E-state index contributed by atoms with van der Waals surface area (Å²) in [5.74, 6) is -0.519. The highest BCUT2D eigenvalue weighted by atomic mass is 32.2. The van der Waals surface area contributed by atoms with Crippen LogP contribution in [0, 0.1) is 13.8 Å². The van der Waals surface area contributed by atoms with Crippen LogP contribution in [0.1, 0.15) is 32.8 Å². The van der Waals surface area contributed by atoms with E-state index in [4.69, 9.17) is 4.52 Å². The van der Waals surface area contributed by atoms with Gasteiger partial charge in [-0.15, -0.1) is 0 Å². The van der Waals surface area contributed by atoms with Gasteiger partial charge < -0.3 is 9.84 Å². The molecule has 0 fully saturated rings. The minimum atomic E-state index is -4.88. The van der Waals surface area contributed by atoms with Crippen LogP contribution in [0.25, 0.3) is 6.08 Å². The van der Waals surface area contributed by atoms with Crippen molar-refractivity contribution in [2.75, 3.05) is 10.0 Å². The molecular weight excluding hydrogens is 447 g/mol. The average molecular weight is 465 g/mol. The summed E-state index contributed by atoms with van der Waals surface area (Å²) < 4.78 is 72.1. The Morgan fingerprint density at radius 2 is 1.78 bits per heavy atom. The van der Waals surface area contributed by atoms with Crippen LogP contribution in [0.3, 0.4) is 0 Å². The number of carbonyl (C=O) groups is 1. The molecule has 1 amide bonds. The third kappa shape index (κ3) is 5.76. The van der Waals surface area contributed by atoms with E-state index in [-0.39, 0.29) is 17.0 Å².